The molecule has 4 nitrogen and oxygen atoms in total. The Morgan fingerprint density at radius 1 is 1.19 bits per heavy atom. The fraction of sp³-hybridized carbons (Fsp3) is 0.435. The van der Waals surface area contributed by atoms with Crippen molar-refractivity contribution in [1.29, 1.82) is 0 Å². The maximum atomic E-state index is 12.9. The van der Waals surface area contributed by atoms with E-state index in [1.165, 1.54) is 0 Å². The molecule has 0 saturated heterocycles. The fourth-order valence-corrected chi connectivity index (χ4v) is 3.34. The number of allylic oxidation sites excluding steroid dienone is 5. The lowest BCUT2D eigenvalue weighted by molar-refractivity contribution is 0.124. The lowest BCUT2D eigenvalue weighted by Gasteiger charge is -2.30. The summed E-state index contributed by atoms with van der Waals surface area (Å²) in [5, 5.41) is 3.03. The monoisotopic (exact) mass is 366 g/mol. The number of urea groups is 1. The predicted molar refractivity (Wildman–Crippen MR) is 110 cm³/mol. The van der Waals surface area contributed by atoms with Gasteiger partial charge in [0.1, 0.15) is 0 Å². The van der Waals surface area contributed by atoms with Gasteiger partial charge in [0.2, 0.25) is 0 Å². The van der Waals surface area contributed by atoms with E-state index in [2.05, 4.69) is 55.6 Å². The van der Waals surface area contributed by atoms with Crippen molar-refractivity contribution in [2.75, 3.05) is 19.8 Å². The van der Waals surface area contributed by atoms with Crippen LogP contribution < -0.4 is 5.32 Å². The van der Waals surface area contributed by atoms with Crippen LogP contribution in [0.25, 0.3) is 6.08 Å². The van der Waals surface area contributed by atoms with Crippen LogP contribution >= 0.6 is 0 Å². The standard InChI is InChI=1S/C23H30N2O2/c1-18(2)13-15-27-16-14-24-23(26)25-17-21-9-4-3-7-19(21)11-12-20-8-5-6-10-22(20)25/h3-5,7-9,11-12,18H,6,10,13-17H2,1-2H3,(H,24,26). The molecule has 1 aliphatic carbocycles. The maximum Gasteiger partial charge on any atom is 0.322 e. The molecule has 144 valence electrons. The number of carbonyl (C=O) groups excluding carboxylic acids is 1. The van der Waals surface area contributed by atoms with Crippen molar-refractivity contribution >= 4 is 12.1 Å². The Morgan fingerprint density at radius 3 is 2.89 bits per heavy atom. The molecule has 2 aliphatic rings. The third-order valence-electron chi connectivity index (χ3n) is 4.94. The molecular weight excluding hydrogens is 336 g/mol. The number of rotatable bonds is 6. The minimum atomic E-state index is -0.0460. The van der Waals surface area contributed by atoms with Gasteiger partial charge in [-0.05, 0) is 41.9 Å². The average Bonchev–Trinajstić information content (AvgIpc) is 2.66. The molecule has 1 heterocycles. The van der Waals surface area contributed by atoms with Gasteiger partial charge in [0.05, 0.1) is 13.2 Å². The van der Waals surface area contributed by atoms with E-state index in [4.69, 9.17) is 4.74 Å². The van der Waals surface area contributed by atoms with Gasteiger partial charge in [-0.3, -0.25) is 4.90 Å². The van der Waals surface area contributed by atoms with Crippen LogP contribution in [0.1, 0.15) is 44.2 Å². The number of carbonyl (C=O) groups is 1. The number of hydrogen-bond donors (Lipinski definition) is 1. The van der Waals surface area contributed by atoms with E-state index in [0.717, 1.165) is 48.3 Å². The Hall–Kier alpha value is -2.33. The van der Waals surface area contributed by atoms with E-state index in [0.29, 0.717) is 25.6 Å². The lowest BCUT2D eigenvalue weighted by atomic mass is 9.96. The van der Waals surface area contributed by atoms with Crippen molar-refractivity contribution in [2.24, 2.45) is 5.92 Å². The van der Waals surface area contributed by atoms with Crippen molar-refractivity contribution in [1.82, 2.24) is 10.2 Å². The normalized spacial score (nSPS) is 16.0. The zero-order valence-electron chi connectivity index (χ0n) is 16.4. The van der Waals surface area contributed by atoms with Crippen LogP contribution in [0.3, 0.4) is 0 Å². The molecule has 4 heteroatoms. The summed E-state index contributed by atoms with van der Waals surface area (Å²) in [6.45, 7) is 6.78. The summed E-state index contributed by atoms with van der Waals surface area (Å²) < 4.78 is 5.62. The molecular formula is C23H30N2O2. The van der Waals surface area contributed by atoms with Gasteiger partial charge in [0.25, 0.3) is 0 Å². The van der Waals surface area contributed by atoms with E-state index < -0.39 is 0 Å². The zero-order chi connectivity index (χ0) is 19.1. The average molecular weight is 367 g/mol. The molecule has 1 N–H and O–H groups in total. The van der Waals surface area contributed by atoms with Crippen LogP contribution in [0.2, 0.25) is 0 Å². The number of nitrogens with zero attached hydrogens (tertiary/aromatic N) is 1. The molecule has 1 aromatic carbocycles. The van der Waals surface area contributed by atoms with Crippen molar-refractivity contribution in [3.8, 4) is 0 Å². The highest BCUT2D eigenvalue weighted by atomic mass is 16.5. The van der Waals surface area contributed by atoms with Crippen LogP contribution in [0.15, 0.2) is 53.8 Å². The van der Waals surface area contributed by atoms with E-state index in [9.17, 15) is 4.79 Å². The highest BCUT2D eigenvalue weighted by Crippen LogP contribution is 2.29. The minimum Gasteiger partial charge on any atom is -0.380 e. The number of nitrogens with one attached hydrogen (secondary N) is 1. The predicted octanol–water partition coefficient (Wildman–Crippen LogP) is 4.89. The summed E-state index contributed by atoms with van der Waals surface area (Å²) in [7, 11) is 0. The summed E-state index contributed by atoms with van der Waals surface area (Å²) >= 11 is 0. The van der Waals surface area contributed by atoms with Crippen LogP contribution in [0.4, 0.5) is 4.79 Å². The van der Waals surface area contributed by atoms with E-state index >= 15 is 0 Å². The first kappa shape index (κ1) is 19.4. The number of fused-ring (bicyclic) bond motifs is 1. The summed E-state index contributed by atoms with van der Waals surface area (Å²) in [4.78, 5) is 14.8. The largest absolute Gasteiger partial charge is 0.380 e. The Morgan fingerprint density at radius 2 is 2.04 bits per heavy atom. The second-order valence-corrected chi connectivity index (χ2v) is 7.49. The Kier molecular flexibility index (Phi) is 6.88. The topological polar surface area (TPSA) is 41.6 Å². The van der Waals surface area contributed by atoms with Crippen molar-refractivity contribution in [2.45, 2.75) is 39.7 Å². The van der Waals surface area contributed by atoms with Crippen LogP contribution in [0.5, 0.6) is 0 Å². The molecule has 0 unspecified atom stereocenters. The number of hydrogen-bond acceptors (Lipinski definition) is 2. The summed E-state index contributed by atoms with van der Waals surface area (Å²) in [6.07, 6.45) is 11.5. The molecule has 3 rings (SSSR count). The molecule has 0 atom stereocenters. The summed E-state index contributed by atoms with van der Waals surface area (Å²) in [6, 6.07) is 8.22. The Bertz CT molecular complexity index is 747. The van der Waals surface area contributed by atoms with Gasteiger partial charge in [-0.1, -0.05) is 62.4 Å². The molecule has 0 bridgehead atoms. The quantitative estimate of drug-likeness (QED) is 0.728. The van der Waals surface area contributed by atoms with Crippen LogP contribution in [-0.4, -0.2) is 30.7 Å². The number of amides is 2. The first-order chi connectivity index (χ1) is 13.1. The third-order valence-corrected chi connectivity index (χ3v) is 4.94. The Labute approximate surface area is 162 Å². The summed E-state index contributed by atoms with van der Waals surface area (Å²) in [5.74, 6) is 0.637. The van der Waals surface area contributed by atoms with E-state index in [-0.39, 0.29) is 6.03 Å². The molecule has 1 aromatic rings. The zero-order valence-corrected chi connectivity index (χ0v) is 16.4. The third kappa shape index (κ3) is 5.33. The minimum absolute atomic E-state index is 0.0460. The van der Waals surface area contributed by atoms with Gasteiger partial charge in [-0.25, -0.2) is 4.79 Å². The van der Waals surface area contributed by atoms with Gasteiger partial charge >= 0.3 is 6.03 Å². The second kappa shape index (κ2) is 9.56. The SMILES string of the molecule is CC(C)CCOCCNC(=O)N1Cc2ccccc2C=CC2=C1CCC=C2. The van der Waals surface area contributed by atoms with Gasteiger partial charge < -0.3 is 10.1 Å². The highest BCUT2D eigenvalue weighted by molar-refractivity contribution is 5.77. The maximum absolute atomic E-state index is 12.9. The van der Waals surface area contributed by atoms with Gasteiger partial charge in [-0.2, -0.15) is 0 Å². The lowest BCUT2D eigenvalue weighted by Crippen LogP contribution is -2.41. The molecule has 1 aliphatic heterocycles. The molecule has 0 spiro atoms. The van der Waals surface area contributed by atoms with Crippen LogP contribution in [0, 0.1) is 5.92 Å². The van der Waals surface area contributed by atoms with Gasteiger partial charge in [0, 0.05) is 18.8 Å². The first-order valence-electron chi connectivity index (χ1n) is 9.94. The number of ether oxygens (including phenoxy) is 1. The Balaban J connectivity index is 1.68. The van der Waals surface area contributed by atoms with E-state index in [1.807, 2.05) is 17.0 Å². The van der Waals surface area contributed by atoms with Gasteiger partial charge in [0.15, 0.2) is 0 Å². The molecule has 0 aromatic heterocycles. The molecule has 2 amide bonds. The first-order valence-corrected chi connectivity index (χ1v) is 9.94. The highest BCUT2D eigenvalue weighted by Gasteiger charge is 2.23. The van der Waals surface area contributed by atoms with Crippen molar-refractivity contribution < 1.29 is 9.53 Å². The molecule has 0 fully saturated rings. The van der Waals surface area contributed by atoms with Crippen LogP contribution in [-0.2, 0) is 11.3 Å². The second-order valence-electron chi connectivity index (χ2n) is 7.49. The smallest absolute Gasteiger partial charge is 0.322 e. The van der Waals surface area contributed by atoms with Gasteiger partial charge in [-0.15, -0.1) is 0 Å². The number of benzene rings is 1. The molecule has 27 heavy (non-hydrogen) atoms. The summed E-state index contributed by atoms with van der Waals surface area (Å²) in [5.41, 5.74) is 4.55. The van der Waals surface area contributed by atoms with E-state index in [1.54, 1.807) is 0 Å². The van der Waals surface area contributed by atoms with Crippen molar-refractivity contribution in [3.05, 3.63) is 64.9 Å². The van der Waals surface area contributed by atoms with Crippen molar-refractivity contribution in [3.63, 3.8) is 0 Å². The molecule has 0 radical (unpaired) electrons. The molecule has 0 saturated carbocycles. The fourth-order valence-electron chi connectivity index (χ4n) is 3.34.